The Kier molecular flexibility index (Phi) is 5.21. The highest BCUT2D eigenvalue weighted by Crippen LogP contribution is 2.28. The van der Waals surface area contributed by atoms with Crippen molar-refractivity contribution in [2.75, 3.05) is 32.5 Å². The summed E-state index contributed by atoms with van der Waals surface area (Å²) >= 11 is 0. The predicted octanol–water partition coefficient (Wildman–Crippen LogP) is 0.996. The third-order valence-electron chi connectivity index (χ3n) is 4.14. The lowest BCUT2D eigenvalue weighted by molar-refractivity contribution is 0.300. The molecule has 0 amide bonds. The van der Waals surface area contributed by atoms with Gasteiger partial charge in [-0.15, -0.1) is 0 Å². The maximum Gasteiger partial charge on any atom is 0.281 e. The van der Waals surface area contributed by atoms with Gasteiger partial charge in [0.05, 0.1) is 6.20 Å². The minimum Gasteiger partial charge on any atom is -0.307 e. The Labute approximate surface area is 147 Å². The molecule has 0 atom stereocenters. The number of anilines is 2. The van der Waals surface area contributed by atoms with Gasteiger partial charge in [0.15, 0.2) is 5.82 Å². The van der Waals surface area contributed by atoms with Gasteiger partial charge in [-0.05, 0) is 18.9 Å². The maximum atomic E-state index is 12.2. The molecular weight excluding hydrogens is 342 g/mol. The monoisotopic (exact) mass is 363 g/mol. The molecule has 0 aliphatic carbocycles. The first-order valence-corrected chi connectivity index (χ1v) is 9.40. The van der Waals surface area contributed by atoms with E-state index in [4.69, 9.17) is 0 Å². The standard InChI is InChI=1S/C15H21N7O2S/c1-21(2)25(23,24)22-9-4-12(5-10-22)13-3-6-18-15(19-13)20-14-11-16-7-8-17-14/h3,6-8,11-12H,4-5,9-10H2,1-2H3,(H,17,18,19,20). The molecule has 9 nitrogen and oxygen atoms in total. The van der Waals surface area contributed by atoms with Crippen molar-refractivity contribution < 1.29 is 8.42 Å². The van der Waals surface area contributed by atoms with E-state index in [0.717, 1.165) is 18.5 Å². The lowest BCUT2D eigenvalue weighted by Crippen LogP contribution is -2.44. The third kappa shape index (κ3) is 4.09. The van der Waals surface area contributed by atoms with Crippen LogP contribution in [0.2, 0.25) is 0 Å². The van der Waals surface area contributed by atoms with Gasteiger partial charge in [0.25, 0.3) is 10.2 Å². The van der Waals surface area contributed by atoms with Crippen LogP contribution >= 0.6 is 0 Å². The van der Waals surface area contributed by atoms with Crippen molar-refractivity contribution in [3.63, 3.8) is 0 Å². The molecule has 3 rings (SSSR count). The Morgan fingerprint density at radius 3 is 2.56 bits per heavy atom. The molecule has 10 heteroatoms. The van der Waals surface area contributed by atoms with E-state index in [1.165, 1.54) is 8.61 Å². The first-order chi connectivity index (χ1) is 12.0. The van der Waals surface area contributed by atoms with Gasteiger partial charge in [-0.2, -0.15) is 17.0 Å². The summed E-state index contributed by atoms with van der Waals surface area (Å²) in [6.45, 7) is 0.976. The van der Waals surface area contributed by atoms with E-state index < -0.39 is 10.2 Å². The summed E-state index contributed by atoms with van der Waals surface area (Å²) in [5.41, 5.74) is 0.906. The van der Waals surface area contributed by atoms with Crippen LogP contribution in [-0.4, -0.2) is 64.1 Å². The average molecular weight is 363 g/mol. The Bertz CT molecular complexity index is 806. The largest absolute Gasteiger partial charge is 0.307 e. The molecule has 0 spiro atoms. The molecule has 1 aliphatic rings. The molecule has 1 aliphatic heterocycles. The Hall–Kier alpha value is -2.17. The van der Waals surface area contributed by atoms with Gasteiger partial charge in [-0.3, -0.25) is 4.98 Å². The highest BCUT2D eigenvalue weighted by Gasteiger charge is 2.30. The number of aromatic nitrogens is 4. The normalized spacial score (nSPS) is 16.9. The van der Waals surface area contributed by atoms with E-state index >= 15 is 0 Å². The van der Waals surface area contributed by atoms with Crippen LogP contribution in [0, 0.1) is 0 Å². The van der Waals surface area contributed by atoms with Crippen molar-refractivity contribution in [3.05, 3.63) is 36.5 Å². The number of rotatable bonds is 5. The fourth-order valence-electron chi connectivity index (χ4n) is 2.75. The van der Waals surface area contributed by atoms with E-state index in [-0.39, 0.29) is 5.92 Å². The van der Waals surface area contributed by atoms with Crippen molar-refractivity contribution >= 4 is 22.0 Å². The molecule has 0 bridgehead atoms. The van der Waals surface area contributed by atoms with Crippen molar-refractivity contribution in [2.24, 2.45) is 0 Å². The second-order valence-electron chi connectivity index (χ2n) is 5.98. The van der Waals surface area contributed by atoms with Gasteiger partial charge in [-0.25, -0.2) is 15.0 Å². The SMILES string of the molecule is CN(C)S(=O)(=O)N1CCC(c2ccnc(Nc3cnccn3)n2)CC1. The van der Waals surface area contributed by atoms with Crippen LogP contribution in [-0.2, 0) is 10.2 Å². The Morgan fingerprint density at radius 2 is 1.92 bits per heavy atom. The average Bonchev–Trinajstić information content (AvgIpc) is 2.63. The molecule has 1 N–H and O–H groups in total. The summed E-state index contributed by atoms with van der Waals surface area (Å²) in [6, 6.07) is 1.88. The van der Waals surface area contributed by atoms with Crippen molar-refractivity contribution in [3.8, 4) is 0 Å². The van der Waals surface area contributed by atoms with Crippen molar-refractivity contribution in [2.45, 2.75) is 18.8 Å². The molecule has 0 saturated carbocycles. The van der Waals surface area contributed by atoms with Gasteiger partial charge in [0, 0.05) is 57.4 Å². The molecule has 3 heterocycles. The van der Waals surface area contributed by atoms with E-state index in [0.29, 0.717) is 24.9 Å². The zero-order chi connectivity index (χ0) is 17.9. The Morgan fingerprint density at radius 1 is 1.16 bits per heavy atom. The molecular formula is C15H21N7O2S. The van der Waals surface area contributed by atoms with Crippen molar-refractivity contribution in [1.29, 1.82) is 0 Å². The minimum absolute atomic E-state index is 0.207. The van der Waals surface area contributed by atoms with E-state index in [9.17, 15) is 8.42 Å². The molecule has 2 aromatic heterocycles. The van der Waals surface area contributed by atoms with Crippen LogP contribution in [0.5, 0.6) is 0 Å². The first kappa shape index (κ1) is 17.6. The number of nitrogens with zero attached hydrogens (tertiary/aromatic N) is 6. The predicted molar refractivity (Wildman–Crippen MR) is 93.5 cm³/mol. The summed E-state index contributed by atoms with van der Waals surface area (Å²) < 4.78 is 27.1. The molecule has 25 heavy (non-hydrogen) atoms. The highest BCUT2D eigenvalue weighted by molar-refractivity contribution is 7.86. The summed E-state index contributed by atoms with van der Waals surface area (Å²) in [6.07, 6.45) is 7.94. The molecule has 2 aromatic rings. The zero-order valence-electron chi connectivity index (χ0n) is 14.2. The fraction of sp³-hybridized carbons (Fsp3) is 0.467. The van der Waals surface area contributed by atoms with Gasteiger partial charge in [0.1, 0.15) is 0 Å². The van der Waals surface area contributed by atoms with E-state index in [1.807, 2.05) is 6.07 Å². The summed E-state index contributed by atoms with van der Waals surface area (Å²) in [5, 5.41) is 3.02. The molecule has 134 valence electrons. The smallest absolute Gasteiger partial charge is 0.281 e. The molecule has 1 saturated heterocycles. The lowest BCUT2D eigenvalue weighted by Gasteiger charge is -2.32. The van der Waals surface area contributed by atoms with Gasteiger partial charge < -0.3 is 5.32 Å². The summed E-state index contributed by atoms with van der Waals surface area (Å²) in [7, 11) is -0.244. The van der Waals surface area contributed by atoms with Gasteiger partial charge in [0.2, 0.25) is 5.95 Å². The number of hydrogen-bond donors (Lipinski definition) is 1. The summed E-state index contributed by atoms with van der Waals surface area (Å²) in [4.78, 5) is 16.9. The van der Waals surface area contributed by atoms with Crippen LogP contribution in [0.4, 0.5) is 11.8 Å². The molecule has 0 aromatic carbocycles. The van der Waals surface area contributed by atoms with E-state index in [2.05, 4.69) is 25.3 Å². The first-order valence-electron chi connectivity index (χ1n) is 8.00. The second kappa shape index (κ2) is 7.38. The molecule has 0 radical (unpaired) electrons. The van der Waals surface area contributed by atoms with E-state index in [1.54, 1.807) is 38.9 Å². The zero-order valence-corrected chi connectivity index (χ0v) is 15.0. The molecule has 1 fully saturated rings. The van der Waals surface area contributed by atoms with Crippen molar-refractivity contribution in [1.82, 2.24) is 28.5 Å². The number of hydrogen-bond acceptors (Lipinski definition) is 7. The topological polar surface area (TPSA) is 104 Å². The van der Waals surface area contributed by atoms with Crippen LogP contribution in [0.3, 0.4) is 0 Å². The lowest BCUT2D eigenvalue weighted by atomic mass is 9.94. The highest BCUT2D eigenvalue weighted by atomic mass is 32.2. The summed E-state index contributed by atoms with van der Waals surface area (Å²) in [5.74, 6) is 1.24. The molecule has 0 unspecified atom stereocenters. The Balaban J connectivity index is 1.67. The van der Waals surface area contributed by atoms with Crippen LogP contribution < -0.4 is 5.32 Å². The van der Waals surface area contributed by atoms with Crippen LogP contribution in [0.1, 0.15) is 24.5 Å². The van der Waals surface area contributed by atoms with Crippen LogP contribution in [0.25, 0.3) is 0 Å². The minimum atomic E-state index is -3.35. The number of nitrogens with one attached hydrogen (secondary N) is 1. The van der Waals surface area contributed by atoms with Crippen LogP contribution in [0.15, 0.2) is 30.9 Å². The number of piperidine rings is 1. The fourth-order valence-corrected chi connectivity index (χ4v) is 3.89. The maximum absolute atomic E-state index is 12.2. The van der Waals surface area contributed by atoms with Gasteiger partial charge >= 0.3 is 0 Å². The van der Waals surface area contributed by atoms with Gasteiger partial charge in [-0.1, -0.05) is 0 Å². The quantitative estimate of drug-likeness (QED) is 0.845. The second-order valence-corrected chi connectivity index (χ2v) is 8.13. The third-order valence-corrected chi connectivity index (χ3v) is 6.08.